The summed E-state index contributed by atoms with van der Waals surface area (Å²) in [6.07, 6.45) is -4.51. The molecular weight excluding hydrogens is 448 g/mol. The Hall–Kier alpha value is -0.240. The molecule has 0 fully saturated rings. The van der Waals surface area contributed by atoms with Gasteiger partial charge in [0.2, 0.25) is 0 Å². The highest BCUT2D eigenvalue weighted by molar-refractivity contribution is 14.1. The molecule has 2 rings (SSSR count). The number of aromatic nitrogens is 1. The van der Waals surface area contributed by atoms with Crippen molar-refractivity contribution < 1.29 is 13.2 Å². The maximum absolute atomic E-state index is 12.7. The van der Waals surface area contributed by atoms with E-state index in [2.05, 4.69) is 4.98 Å². The number of hydrogen-bond acceptors (Lipinski definition) is 1. The predicted molar refractivity (Wildman–Crippen MR) is 82.4 cm³/mol. The van der Waals surface area contributed by atoms with Crippen molar-refractivity contribution in [3.63, 3.8) is 0 Å². The van der Waals surface area contributed by atoms with Crippen molar-refractivity contribution in [2.24, 2.45) is 0 Å². The van der Waals surface area contributed by atoms with E-state index in [1.807, 2.05) is 22.6 Å². The predicted octanol–water partition coefficient (Wildman–Crippen LogP) is 6.33. The SMILES string of the molecule is FC(F)(F)c1ccc(I)c(-c2cc(Cl)c(Cl)c(Cl)c2)n1. The second kappa shape index (κ2) is 5.87. The van der Waals surface area contributed by atoms with Crippen LogP contribution in [0.25, 0.3) is 11.3 Å². The molecule has 0 aliphatic heterocycles. The van der Waals surface area contributed by atoms with Crippen LogP contribution in [0.3, 0.4) is 0 Å². The molecule has 1 aromatic carbocycles. The number of halogens is 7. The highest BCUT2D eigenvalue weighted by Gasteiger charge is 2.33. The Bertz CT molecular complexity index is 650. The van der Waals surface area contributed by atoms with Crippen LogP contribution in [0.5, 0.6) is 0 Å². The molecule has 0 amide bonds. The molecule has 0 saturated heterocycles. The second-order valence-corrected chi connectivity index (χ2v) is 6.13. The molecule has 20 heavy (non-hydrogen) atoms. The minimum atomic E-state index is -4.51. The molecule has 0 atom stereocenters. The van der Waals surface area contributed by atoms with Gasteiger partial charge in [-0.2, -0.15) is 13.2 Å². The normalized spacial score (nSPS) is 11.8. The lowest BCUT2D eigenvalue weighted by atomic mass is 10.1. The highest BCUT2D eigenvalue weighted by Crippen LogP contribution is 2.37. The largest absolute Gasteiger partial charge is 0.433 e. The molecule has 8 heteroatoms. The first kappa shape index (κ1) is 16.1. The van der Waals surface area contributed by atoms with Gasteiger partial charge in [0.15, 0.2) is 0 Å². The van der Waals surface area contributed by atoms with Crippen molar-refractivity contribution in [1.29, 1.82) is 0 Å². The minimum absolute atomic E-state index is 0.152. The zero-order valence-corrected chi connectivity index (χ0v) is 13.8. The third-order valence-electron chi connectivity index (χ3n) is 2.39. The zero-order chi connectivity index (χ0) is 15.1. The lowest BCUT2D eigenvalue weighted by molar-refractivity contribution is -0.141. The maximum atomic E-state index is 12.7. The Morgan fingerprint density at radius 2 is 1.55 bits per heavy atom. The van der Waals surface area contributed by atoms with E-state index in [4.69, 9.17) is 34.8 Å². The molecule has 1 nitrogen and oxygen atoms in total. The number of benzene rings is 1. The summed E-state index contributed by atoms with van der Waals surface area (Å²) in [5.74, 6) is 0. The average molecular weight is 452 g/mol. The lowest BCUT2D eigenvalue weighted by Crippen LogP contribution is -2.09. The molecule has 106 valence electrons. The van der Waals surface area contributed by atoms with Gasteiger partial charge in [0.1, 0.15) is 5.69 Å². The van der Waals surface area contributed by atoms with E-state index in [9.17, 15) is 13.2 Å². The van der Waals surface area contributed by atoms with E-state index < -0.39 is 11.9 Å². The molecule has 0 bridgehead atoms. The van der Waals surface area contributed by atoms with Gasteiger partial charge in [0.25, 0.3) is 0 Å². The van der Waals surface area contributed by atoms with Gasteiger partial charge < -0.3 is 0 Å². The third-order valence-corrected chi connectivity index (χ3v) is 4.46. The van der Waals surface area contributed by atoms with E-state index in [1.54, 1.807) is 0 Å². The van der Waals surface area contributed by atoms with Crippen LogP contribution in [0.15, 0.2) is 24.3 Å². The first-order chi connectivity index (χ1) is 9.20. The fourth-order valence-electron chi connectivity index (χ4n) is 1.49. The summed E-state index contributed by atoms with van der Waals surface area (Å²) in [4.78, 5) is 3.63. The van der Waals surface area contributed by atoms with Crippen molar-refractivity contribution in [2.45, 2.75) is 6.18 Å². The van der Waals surface area contributed by atoms with E-state index >= 15 is 0 Å². The van der Waals surface area contributed by atoms with Crippen LogP contribution in [0.4, 0.5) is 13.2 Å². The molecule has 0 aliphatic carbocycles. The Morgan fingerprint density at radius 3 is 2.05 bits per heavy atom. The fraction of sp³-hybridized carbons (Fsp3) is 0.0833. The van der Waals surface area contributed by atoms with Crippen LogP contribution in [-0.4, -0.2) is 4.98 Å². The number of pyridine rings is 1. The van der Waals surface area contributed by atoms with E-state index in [-0.39, 0.29) is 20.8 Å². The quantitative estimate of drug-likeness (QED) is 0.364. The van der Waals surface area contributed by atoms with Crippen molar-refractivity contribution in [3.05, 3.63) is 48.6 Å². The molecule has 0 N–H and O–H groups in total. The van der Waals surface area contributed by atoms with Crippen molar-refractivity contribution in [1.82, 2.24) is 4.98 Å². The summed E-state index contributed by atoms with van der Waals surface area (Å²) >= 11 is 19.5. The van der Waals surface area contributed by atoms with Crippen LogP contribution in [-0.2, 0) is 6.18 Å². The molecule has 0 unspecified atom stereocenters. The van der Waals surface area contributed by atoms with Gasteiger partial charge in [-0.05, 0) is 46.9 Å². The molecular formula is C12H4Cl3F3IN. The van der Waals surface area contributed by atoms with E-state index in [0.29, 0.717) is 9.13 Å². The number of hydrogen-bond donors (Lipinski definition) is 0. The minimum Gasteiger partial charge on any atom is -0.242 e. The standard InChI is InChI=1S/C12H4Cl3F3IN/c13-6-3-5(4-7(14)10(6)15)11-8(19)1-2-9(20-11)12(16,17)18/h1-4H. The topological polar surface area (TPSA) is 12.9 Å². The van der Waals surface area contributed by atoms with E-state index in [0.717, 1.165) is 6.07 Å². The highest BCUT2D eigenvalue weighted by atomic mass is 127. The molecule has 1 heterocycles. The first-order valence-corrected chi connectivity index (χ1v) is 7.30. The van der Waals surface area contributed by atoms with Gasteiger partial charge in [-0.25, -0.2) is 4.98 Å². The molecule has 0 aliphatic rings. The van der Waals surface area contributed by atoms with Gasteiger partial charge in [-0.15, -0.1) is 0 Å². The Kier molecular flexibility index (Phi) is 4.73. The van der Waals surface area contributed by atoms with Crippen LogP contribution in [0.1, 0.15) is 5.69 Å². The average Bonchev–Trinajstić information content (AvgIpc) is 2.34. The fourth-order valence-corrected chi connectivity index (χ4v) is 2.70. The van der Waals surface area contributed by atoms with Crippen LogP contribution in [0.2, 0.25) is 15.1 Å². The van der Waals surface area contributed by atoms with Crippen molar-refractivity contribution in [2.75, 3.05) is 0 Å². The summed E-state index contributed by atoms with van der Waals surface area (Å²) in [7, 11) is 0. The van der Waals surface area contributed by atoms with Crippen molar-refractivity contribution in [3.8, 4) is 11.3 Å². The Balaban J connectivity index is 2.63. The van der Waals surface area contributed by atoms with Gasteiger partial charge >= 0.3 is 6.18 Å². The number of nitrogens with zero attached hydrogens (tertiary/aromatic N) is 1. The van der Waals surface area contributed by atoms with Crippen molar-refractivity contribution >= 4 is 57.4 Å². The monoisotopic (exact) mass is 451 g/mol. The second-order valence-electron chi connectivity index (χ2n) is 3.78. The Morgan fingerprint density at radius 1 is 1.00 bits per heavy atom. The maximum Gasteiger partial charge on any atom is 0.433 e. The van der Waals surface area contributed by atoms with Crippen LogP contribution in [0, 0.1) is 3.57 Å². The van der Waals surface area contributed by atoms with Crippen LogP contribution >= 0.6 is 57.4 Å². The lowest BCUT2D eigenvalue weighted by Gasteiger charge is -2.11. The van der Waals surface area contributed by atoms with E-state index in [1.165, 1.54) is 18.2 Å². The number of rotatable bonds is 1. The molecule has 1 aromatic heterocycles. The van der Waals surface area contributed by atoms with Gasteiger partial charge in [0, 0.05) is 9.13 Å². The molecule has 0 saturated carbocycles. The number of alkyl halides is 3. The summed E-state index contributed by atoms with van der Waals surface area (Å²) < 4.78 is 38.6. The smallest absolute Gasteiger partial charge is 0.242 e. The van der Waals surface area contributed by atoms with Gasteiger partial charge in [-0.3, -0.25) is 0 Å². The summed E-state index contributed by atoms with van der Waals surface area (Å²) in [6, 6.07) is 5.12. The third kappa shape index (κ3) is 3.32. The zero-order valence-electron chi connectivity index (χ0n) is 9.40. The summed E-state index contributed by atoms with van der Waals surface area (Å²) in [5, 5.41) is 0.465. The molecule has 2 aromatic rings. The first-order valence-electron chi connectivity index (χ1n) is 5.09. The Labute approximate surface area is 141 Å². The van der Waals surface area contributed by atoms with Gasteiger partial charge in [0.05, 0.1) is 20.8 Å². The van der Waals surface area contributed by atoms with Gasteiger partial charge in [-0.1, -0.05) is 34.8 Å². The molecule has 0 radical (unpaired) electrons. The molecule has 0 spiro atoms. The van der Waals surface area contributed by atoms with Crippen LogP contribution < -0.4 is 0 Å². The summed E-state index contributed by atoms with van der Waals surface area (Å²) in [5.41, 5.74) is -0.448. The summed E-state index contributed by atoms with van der Waals surface area (Å²) in [6.45, 7) is 0.